The fourth-order valence-electron chi connectivity index (χ4n) is 2.70. The average Bonchev–Trinajstić information content (AvgIpc) is 2.28. The van der Waals surface area contributed by atoms with Gasteiger partial charge in [-0.2, -0.15) is 0 Å². The highest BCUT2D eigenvalue weighted by atomic mass is 16.5. The van der Waals surface area contributed by atoms with Crippen LogP contribution in [0.3, 0.4) is 0 Å². The maximum Gasteiger partial charge on any atom is 0.164 e. The molecule has 0 spiro atoms. The van der Waals surface area contributed by atoms with Crippen LogP contribution in [0.15, 0.2) is 0 Å². The number of hydrogen-bond acceptors (Lipinski definition) is 2. The summed E-state index contributed by atoms with van der Waals surface area (Å²) in [6.07, 6.45) is 5.75. The number of carbonyl (C=O) groups is 1. The largest absolute Gasteiger partial charge is 0.371 e. The average molecular weight is 212 g/mol. The Morgan fingerprint density at radius 2 is 2.00 bits per heavy atom. The fourth-order valence-corrected chi connectivity index (χ4v) is 2.70. The first-order chi connectivity index (χ1) is 7.20. The van der Waals surface area contributed by atoms with E-state index in [-0.39, 0.29) is 12.0 Å². The highest BCUT2D eigenvalue weighted by Gasteiger charge is 2.32. The number of Topliss-reactive ketones (excluding diaryl/α,β-unsaturated/α-hetero) is 1. The van der Waals surface area contributed by atoms with Crippen LogP contribution >= 0.6 is 0 Å². The van der Waals surface area contributed by atoms with Crippen LogP contribution in [0.2, 0.25) is 0 Å². The van der Waals surface area contributed by atoms with Gasteiger partial charge in [-0.05, 0) is 32.6 Å². The van der Waals surface area contributed by atoms with Crippen molar-refractivity contribution in [3.05, 3.63) is 0 Å². The van der Waals surface area contributed by atoms with E-state index in [1.165, 1.54) is 19.3 Å². The zero-order valence-electron chi connectivity index (χ0n) is 10.3. The molecule has 1 saturated carbocycles. The SMILES string of the molecule is CCOC(C)C(=O)C1CCCCC1CC. The van der Waals surface area contributed by atoms with Crippen LogP contribution in [0.1, 0.15) is 52.9 Å². The Balaban J connectivity index is 2.55. The molecule has 0 bridgehead atoms. The van der Waals surface area contributed by atoms with E-state index in [4.69, 9.17) is 4.74 Å². The van der Waals surface area contributed by atoms with Crippen LogP contribution in [0.25, 0.3) is 0 Å². The third-order valence-electron chi connectivity index (χ3n) is 3.62. The van der Waals surface area contributed by atoms with Gasteiger partial charge < -0.3 is 4.74 Å². The third-order valence-corrected chi connectivity index (χ3v) is 3.62. The second kappa shape index (κ2) is 6.26. The number of hydrogen-bond donors (Lipinski definition) is 0. The van der Waals surface area contributed by atoms with Gasteiger partial charge in [-0.1, -0.05) is 26.2 Å². The van der Waals surface area contributed by atoms with Gasteiger partial charge in [0.2, 0.25) is 0 Å². The zero-order chi connectivity index (χ0) is 11.3. The smallest absolute Gasteiger partial charge is 0.164 e. The Kier molecular flexibility index (Phi) is 5.30. The van der Waals surface area contributed by atoms with Crippen molar-refractivity contribution in [2.45, 2.75) is 59.0 Å². The molecule has 1 fully saturated rings. The summed E-state index contributed by atoms with van der Waals surface area (Å²) in [4.78, 5) is 12.1. The van der Waals surface area contributed by atoms with Crippen LogP contribution in [0, 0.1) is 11.8 Å². The second-order valence-corrected chi connectivity index (χ2v) is 4.56. The van der Waals surface area contributed by atoms with Gasteiger partial charge in [0.15, 0.2) is 5.78 Å². The molecule has 15 heavy (non-hydrogen) atoms. The molecule has 88 valence electrons. The summed E-state index contributed by atoms with van der Waals surface area (Å²) in [6, 6.07) is 0. The molecule has 0 N–H and O–H groups in total. The van der Waals surface area contributed by atoms with Gasteiger partial charge in [0, 0.05) is 12.5 Å². The van der Waals surface area contributed by atoms with E-state index < -0.39 is 0 Å². The maximum absolute atomic E-state index is 12.1. The molecular formula is C13H24O2. The zero-order valence-corrected chi connectivity index (χ0v) is 10.3. The topological polar surface area (TPSA) is 26.3 Å². The fraction of sp³-hybridized carbons (Fsp3) is 0.923. The first-order valence-electron chi connectivity index (χ1n) is 6.36. The third kappa shape index (κ3) is 3.30. The summed E-state index contributed by atoms with van der Waals surface area (Å²) in [6.45, 7) is 6.67. The van der Waals surface area contributed by atoms with Gasteiger partial charge >= 0.3 is 0 Å². The molecule has 0 aromatic rings. The molecule has 0 aliphatic heterocycles. The lowest BCUT2D eigenvalue weighted by Gasteiger charge is -2.31. The van der Waals surface area contributed by atoms with Crippen molar-refractivity contribution in [2.75, 3.05) is 6.61 Å². The van der Waals surface area contributed by atoms with Gasteiger partial charge in [-0.3, -0.25) is 4.79 Å². The van der Waals surface area contributed by atoms with Crippen molar-refractivity contribution in [3.63, 3.8) is 0 Å². The summed E-state index contributed by atoms with van der Waals surface area (Å²) in [5.74, 6) is 1.21. The van der Waals surface area contributed by atoms with Gasteiger partial charge in [0.25, 0.3) is 0 Å². The van der Waals surface area contributed by atoms with Crippen molar-refractivity contribution < 1.29 is 9.53 Å². The number of rotatable bonds is 5. The number of ketones is 1. The molecule has 2 nitrogen and oxygen atoms in total. The van der Waals surface area contributed by atoms with Crippen LogP contribution < -0.4 is 0 Å². The van der Waals surface area contributed by atoms with Crippen molar-refractivity contribution in [1.29, 1.82) is 0 Å². The van der Waals surface area contributed by atoms with E-state index in [2.05, 4.69) is 6.92 Å². The van der Waals surface area contributed by atoms with Crippen LogP contribution in [0.5, 0.6) is 0 Å². The Hall–Kier alpha value is -0.370. The summed E-state index contributed by atoms with van der Waals surface area (Å²) in [5.41, 5.74) is 0. The van der Waals surface area contributed by atoms with E-state index in [0.717, 1.165) is 12.8 Å². The van der Waals surface area contributed by atoms with Crippen molar-refractivity contribution in [1.82, 2.24) is 0 Å². The lowest BCUT2D eigenvalue weighted by atomic mass is 9.75. The lowest BCUT2D eigenvalue weighted by molar-refractivity contribution is -0.136. The number of ether oxygens (including phenoxy) is 1. The Labute approximate surface area is 93.4 Å². The van der Waals surface area contributed by atoms with Crippen molar-refractivity contribution >= 4 is 5.78 Å². The first kappa shape index (κ1) is 12.7. The highest BCUT2D eigenvalue weighted by Crippen LogP contribution is 2.33. The molecule has 1 aliphatic carbocycles. The van der Waals surface area contributed by atoms with Crippen molar-refractivity contribution in [3.8, 4) is 0 Å². The van der Waals surface area contributed by atoms with E-state index in [9.17, 15) is 4.79 Å². The van der Waals surface area contributed by atoms with Crippen molar-refractivity contribution in [2.24, 2.45) is 11.8 Å². The molecule has 2 heteroatoms. The molecule has 0 radical (unpaired) electrons. The quantitative estimate of drug-likeness (QED) is 0.699. The summed E-state index contributed by atoms with van der Waals surface area (Å²) >= 11 is 0. The minimum Gasteiger partial charge on any atom is -0.371 e. The Morgan fingerprint density at radius 3 is 2.60 bits per heavy atom. The van der Waals surface area contributed by atoms with Gasteiger partial charge in [0.1, 0.15) is 6.10 Å². The predicted octanol–water partition coefficient (Wildman–Crippen LogP) is 3.20. The molecule has 1 aliphatic rings. The molecule has 0 saturated heterocycles. The van der Waals surface area contributed by atoms with Crippen LogP contribution in [-0.2, 0) is 9.53 Å². The van der Waals surface area contributed by atoms with E-state index in [0.29, 0.717) is 18.3 Å². The predicted molar refractivity (Wildman–Crippen MR) is 61.8 cm³/mol. The Bertz CT molecular complexity index is 201. The minimum absolute atomic E-state index is 0.202. The maximum atomic E-state index is 12.1. The molecule has 3 unspecified atom stereocenters. The molecule has 0 amide bonds. The normalized spacial score (nSPS) is 28.7. The van der Waals surface area contributed by atoms with Gasteiger partial charge in [-0.15, -0.1) is 0 Å². The summed E-state index contributed by atoms with van der Waals surface area (Å²) < 4.78 is 5.40. The van der Waals surface area contributed by atoms with E-state index in [1.807, 2.05) is 13.8 Å². The standard InChI is InChI=1S/C13H24O2/c1-4-11-8-6-7-9-12(11)13(14)10(3)15-5-2/h10-12H,4-9H2,1-3H3. The molecule has 1 rings (SSSR count). The summed E-state index contributed by atoms with van der Waals surface area (Å²) in [7, 11) is 0. The minimum atomic E-state index is -0.202. The molecule has 0 aromatic heterocycles. The van der Waals surface area contributed by atoms with E-state index in [1.54, 1.807) is 0 Å². The highest BCUT2D eigenvalue weighted by molar-refractivity contribution is 5.85. The molecule has 0 heterocycles. The monoisotopic (exact) mass is 212 g/mol. The van der Waals surface area contributed by atoms with Gasteiger partial charge in [0.05, 0.1) is 0 Å². The molecular weight excluding hydrogens is 188 g/mol. The molecule has 3 atom stereocenters. The Morgan fingerprint density at radius 1 is 1.33 bits per heavy atom. The lowest BCUT2D eigenvalue weighted by Crippen LogP contribution is -2.34. The second-order valence-electron chi connectivity index (χ2n) is 4.56. The van der Waals surface area contributed by atoms with Gasteiger partial charge in [-0.25, -0.2) is 0 Å². The summed E-state index contributed by atoms with van der Waals surface area (Å²) in [5, 5.41) is 0. The van der Waals surface area contributed by atoms with Crippen LogP contribution in [0.4, 0.5) is 0 Å². The van der Waals surface area contributed by atoms with E-state index >= 15 is 0 Å². The number of carbonyl (C=O) groups excluding carboxylic acids is 1. The molecule has 0 aromatic carbocycles. The first-order valence-corrected chi connectivity index (χ1v) is 6.36. The van der Waals surface area contributed by atoms with Crippen LogP contribution in [-0.4, -0.2) is 18.5 Å².